The second kappa shape index (κ2) is 6.11. The van der Waals surface area contributed by atoms with E-state index in [0.717, 1.165) is 4.47 Å². The van der Waals surface area contributed by atoms with Gasteiger partial charge in [-0.05, 0) is 24.3 Å². The van der Waals surface area contributed by atoms with Crippen LogP contribution in [-0.4, -0.2) is 12.0 Å². The third kappa shape index (κ3) is 3.40. The van der Waals surface area contributed by atoms with Gasteiger partial charge in [0.05, 0.1) is 15.6 Å². The molecule has 2 rings (SSSR count). The number of non-ortho nitro benzene ring substituents is 1. The normalized spacial score (nSPS) is 10.2. The van der Waals surface area contributed by atoms with Gasteiger partial charge in [-0.1, -0.05) is 27.5 Å². The topological polar surface area (TPSA) is 67.2 Å². The van der Waals surface area contributed by atoms with Crippen LogP contribution >= 0.6 is 27.5 Å². The van der Waals surface area contributed by atoms with Crippen LogP contribution in [0.2, 0.25) is 5.02 Å². The number of hydrogen-bond donors (Lipinski definition) is 2. The molecule has 0 amide bonds. The predicted molar refractivity (Wildman–Crippen MR) is 85.1 cm³/mol. The molecule has 104 valence electrons. The van der Waals surface area contributed by atoms with Gasteiger partial charge in [-0.2, -0.15) is 0 Å². The van der Waals surface area contributed by atoms with Crippen LogP contribution in [0.1, 0.15) is 0 Å². The van der Waals surface area contributed by atoms with E-state index in [9.17, 15) is 10.1 Å². The summed E-state index contributed by atoms with van der Waals surface area (Å²) in [4.78, 5) is 10.5. The van der Waals surface area contributed by atoms with Crippen LogP contribution in [0.25, 0.3) is 0 Å². The second-order valence-electron chi connectivity index (χ2n) is 4.02. The lowest BCUT2D eigenvalue weighted by atomic mass is 10.2. The van der Waals surface area contributed by atoms with E-state index in [0.29, 0.717) is 22.1 Å². The Labute approximate surface area is 129 Å². The predicted octanol–water partition coefficient (Wildman–Crippen LogP) is 4.80. The fraction of sp³-hybridized carbons (Fsp3) is 0.0769. The highest BCUT2D eigenvalue weighted by Gasteiger charge is 2.10. The van der Waals surface area contributed by atoms with Gasteiger partial charge in [0.25, 0.3) is 5.69 Å². The van der Waals surface area contributed by atoms with E-state index in [2.05, 4.69) is 26.6 Å². The first-order chi connectivity index (χ1) is 9.49. The Bertz CT molecular complexity index is 664. The molecule has 2 aromatic rings. The Kier molecular flexibility index (Phi) is 4.46. The van der Waals surface area contributed by atoms with E-state index >= 15 is 0 Å². The molecule has 0 aliphatic heterocycles. The van der Waals surface area contributed by atoms with Crippen LogP contribution in [0, 0.1) is 10.1 Å². The van der Waals surface area contributed by atoms with Crippen LogP contribution in [0.15, 0.2) is 40.9 Å². The monoisotopic (exact) mass is 355 g/mol. The van der Waals surface area contributed by atoms with E-state index in [-0.39, 0.29) is 5.69 Å². The molecule has 0 radical (unpaired) electrons. The van der Waals surface area contributed by atoms with E-state index in [1.165, 1.54) is 12.1 Å². The number of halogens is 2. The smallest absolute Gasteiger partial charge is 0.273 e. The average molecular weight is 357 g/mol. The zero-order valence-electron chi connectivity index (χ0n) is 10.5. The third-order valence-corrected chi connectivity index (χ3v) is 3.43. The maximum atomic E-state index is 10.9. The van der Waals surface area contributed by atoms with Crippen molar-refractivity contribution < 1.29 is 4.92 Å². The molecular weight excluding hydrogens is 346 g/mol. The number of nitro groups is 1. The molecule has 0 heterocycles. The molecule has 20 heavy (non-hydrogen) atoms. The number of nitrogens with one attached hydrogen (secondary N) is 2. The quantitative estimate of drug-likeness (QED) is 0.610. The molecular formula is C13H11BrClN3O2. The minimum Gasteiger partial charge on any atom is -0.388 e. The lowest BCUT2D eigenvalue weighted by molar-refractivity contribution is -0.384. The zero-order chi connectivity index (χ0) is 14.7. The first-order valence-corrected chi connectivity index (χ1v) is 6.86. The number of hydrogen-bond acceptors (Lipinski definition) is 4. The number of anilines is 3. The Balaban J connectivity index is 2.37. The highest BCUT2D eigenvalue weighted by molar-refractivity contribution is 9.10. The Morgan fingerprint density at radius 2 is 1.90 bits per heavy atom. The van der Waals surface area contributed by atoms with Gasteiger partial charge in [0.2, 0.25) is 0 Å². The standard InChI is InChI=1S/C13H11BrClN3O2/c1-16-9-5-10(7-11(6-9)18(19)20)17-13-3-2-8(14)4-12(13)15/h2-7,16-17H,1H3. The van der Waals surface area contributed by atoms with Crippen LogP contribution in [-0.2, 0) is 0 Å². The number of benzene rings is 2. The van der Waals surface area contributed by atoms with Crippen molar-refractivity contribution in [3.8, 4) is 0 Å². The molecule has 0 unspecified atom stereocenters. The first kappa shape index (κ1) is 14.6. The van der Waals surface area contributed by atoms with Crippen molar-refractivity contribution in [2.75, 3.05) is 17.7 Å². The molecule has 0 fully saturated rings. The summed E-state index contributed by atoms with van der Waals surface area (Å²) in [5.41, 5.74) is 1.92. The van der Waals surface area contributed by atoms with E-state index < -0.39 is 4.92 Å². The lowest BCUT2D eigenvalue weighted by Gasteiger charge is -2.10. The van der Waals surface area contributed by atoms with Gasteiger partial charge in [0.15, 0.2) is 0 Å². The van der Waals surface area contributed by atoms with Crippen molar-refractivity contribution in [1.82, 2.24) is 0 Å². The minimum absolute atomic E-state index is 0.00702. The van der Waals surface area contributed by atoms with Crippen molar-refractivity contribution in [2.24, 2.45) is 0 Å². The van der Waals surface area contributed by atoms with Crippen LogP contribution in [0.4, 0.5) is 22.7 Å². The highest BCUT2D eigenvalue weighted by Crippen LogP contribution is 2.31. The van der Waals surface area contributed by atoms with Crippen molar-refractivity contribution in [2.45, 2.75) is 0 Å². The summed E-state index contributed by atoms with van der Waals surface area (Å²) < 4.78 is 0.864. The van der Waals surface area contributed by atoms with Crippen molar-refractivity contribution in [3.05, 3.63) is 56.0 Å². The molecule has 5 nitrogen and oxygen atoms in total. The van der Waals surface area contributed by atoms with Gasteiger partial charge in [-0.25, -0.2) is 0 Å². The van der Waals surface area contributed by atoms with Crippen molar-refractivity contribution >= 4 is 50.3 Å². The van der Waals surface area contributed by atoms with Crippen molar-refractivity contribution in [1.29, 1.82) is 0 Å². The fourth-order valence-electron chi connectivity index (χ4n) is 1.68. The molecule has 0 saturated carbocycles. The van der Waals surface area contributed by atoms with Gasteiger partial charge < -0.3 is 10.6 Å². The number of nitro benzene ring substituents is 1. The van der Waals surface area contributed by atoms with Gasteiger partial charge >= 0.3 is 0 Å². The van der Waals surface area contributed by atoms with Crippen molar-refractivity contribution in [3.63, 3.8) is 0 Å². The van der Waals surface area contributed by atoms with E-state index in [4.69, 9.17) is 11.6 Å². The molecule has 0 aliphatic rings. The van der Waals surface area contributed by atoms with E-state index in [1.54, 1.807) is 25.2 Å². The van der Waals surface area contributed by atoms with E-state index in [1.807, 2.05) is 6.07 Å². The fourth-order valence-corrected chi connectivity index (χ4v) is 2.40. The Morgan fingerprint density at radius 1 is 1.20 bits per heavy atom. The summed E-state index contributed by atoms with van der Waals surface area (Å²) >= 11 is 9.44. The van der Waals surface area contributed by atoms with Gasteiger partial charge in [-0.15, -0.1) is 0 Å². The summed E-state index contributed by atoms with van der Waals surface area (Å²) in [6, 6.07) is 10.1. The summed E-state index contributed by atoms with van der Waals surface area (Å²) in [7, 11) is 1.70. The second-order valence-corrected chi connectivity index (χ2v) is 5.35. The molecule has 0 aromatic heterocycles. The summed E-state index contributed by atoms with van der Waals surface area (Å²) in [6.07, 6.45) is 0. The largest absolute Gasteiger partial charge is 0.388 e. The van der Waals surface area contributed by atoms with Crippen LogP contribution in [0.5, 0.6) is 0 Å². The molecule has 0 saturated heterocycles. The van der Waals surface area contributed by atoms with Gasteiger partial charge in [-0.3, -0.25) is 10.1 Å². The summed E-state index contributed by atoms with van der Waals surface area (Å²) in [5, 5.41) is 17.4. The zero-order valence-corrected chi connectivity index (χ0v) is 12.8. The molecule has 2 N–H and O–H groups in total. The SMILES string of the molecule is CNc1cc(Nc2ccc(Br)cc2Cl)cc([N+](=O)[O-])c1. The maximum Gasteiger partial charge on any atom is 0.273 e. The lowest BCUT2D eigenvalue weighted by Crippen LogP contribution is -1.97. The first-order valence-electron chi connectivity index (χ1n) is 5.69. The molecule has 0 aliphatic carbocycles. The highest BCUT2D eigenvalue weighted by atomic mass is 79.9. The number of nitrogens with zero attached hydrogens (tertiary/aromatic N) is 1. The Hall–Kier alpha value is -1.79. The van der Waals surface area contributed by atoms with Gasteiger partial charge in [0, 0.05) is 35.0 Å². The molecule has 0 atom stereocenters. The van der Waals surface area contributed by atoms with Gasteiger partial charge in [0.1, 0.15) is 0 Å². The summed E-state index contributed by atoms with van der Waals surface area (Å²) in [6.45, 7) is 0. The summed E-state index contributed by atoms with van der Waals surface area (Å²) in [5.74, 6) is 0. The average Bonchev–Trinajstić information content (AvgIpc) is 2.41. The third-order valence-electron chi connectivity index (χ3n) is 2.63. The molecule has 0 bridgehead atoms. The van der Waals surface area contributed by atoms with Crippen LogP contribution < -0.4 is 10.6 Å². The molecule has 2 aromatic carbocycles. The molecule has 0 spiro atoms. The number of rotatable bonds is 4. The maximum absolute atomic E-state index is 10.9. The minimum atomic E-state index is -0.435. The van der Waals surface area contributed by atoms with Crippen LogP contribution in [0.3, 0.4) is 0 Å². The molecule has 7 heteroatoms. The Morgan fingerprint density at radius 3 is 2.50 bits per heavy atom.